The summed E-state index contributed by atoms with van der Waals surface area (Å²) in [7, 11) is 0. The molecule has 0 bridgehead atoms. The molecule has 1 amide bonds. The molecule has 0 unspecified atom stereocenters. The molecule has 7 heteroatoms. The molecule has 3 aliphatic rings. The van der Waals surface area contributed by atoms with Crippen LogP contribution in [0.15, 0.2) is 34.6 Å². The van der Waals surface area contributed by atoms with Gasteiger partial charge in [0.2, 0.25) is 5.91 Å². The third kappa shape index (κ3) is 3.76. The fourth-order valence-electron chi connectivity index (χ4n) is 3.87. The number of piperidine rings is 1. The van der Waals surface area contributed by atoms with Gasteiger partial charge in [0.15, 0.2) is 5.17 Å². The first-order chi connectivity index (χ1) is 12.3. The number of carbonyl (C=O) groups is 1. The first-order valence-corrected chi connectivity index (χ1v) is 10.1. The molecule has 6 nitrogen and oxygen atoms in total. The summed E-state index contributed by atoms with van der Waals surface area (Å²) in [5, 5.41) is 7.47. The summed E-state index contributed by atoms with van der Waals surface area (Å²) < 4.78 is 1.96. The Labute approximate surface area is 153 Å². The lowest BCUT2D eigenvalue weighted by molar-refractivity contribution is -0.134. The molecule has 25 heavy (non-hydrogen) atoms. The Hall–Kier alpha value is -1.76. The number of fused-ring (bicyclic) bond motifs is 1. The zero-order valence-corrected chi connectivity index (χ0v) is 15.3. The van der Waals surface area contributed by atoms with Crippen LogP contribution in [0.1, 0.15) is 38.5 Å². The second-order valence-corrected chi connectivity index (χ2v) is 7.70. The van der Waals surface area contributed by atoms with Crippen LogP contribution in [0, 0.1) is 0 Å². The molecule has 4 rings (SSSR count). The molecule has 1 atom stereocenters. The average molecular weight is 359 g/mol. The quantitative estimate of drug-likeness (QED) is 0.811. The summed E-state index contributed by atoms with van der Waals surface area (Å²) in [6.45, 7) is 3.68. The number of amides is 1. The Balaban J connectivity index is 1.37. The van der Waals surface area contributed by atoms with Crippen LogP contribution < -0.4 is 0 Å². The molecular weight excluding hydrogens is 334 g/mol. The van der Waals surface area contributed by atoms with Crippen molar-refractivity contribution in [3.05, 3.63) is 29.6 Å². The molecular formula is C18H25N5OS. The molecule has 1 aromatic rings. The highest BCUT2D eigenvalue weighted by Crippen LogP contribution is 2.32. The average Bonchev–Trinajstić information content (AvgIpc) is 3.30. The number of aryl methyl sites for hydroxylation is 1. The van der Waals surface area contributed by atoms with E-state index in [1.54, 1.807) is 11.8 Å². The van der Waals surface area contributed by atoms with Crippen molar-refractivity contribution >= 4 is 22.8 Å². The summed E-state index contributed by atoms with van der Waals surface area (Å²) in [6, 6.07) is 2.29. The van der Waals surface area contributed by atoms with Gasteiger partial charge in [-0.3, -0.25) is 14.5 Å². The minimum atomic E-state index is 0.267. The Kier molecular flexibility index (Phi) is 5.10. The van der Waals surface area contributed by atoms with E-state index in [9.17, 15) is 4.79 Å². The van der Waals surface area contributed by atoms with Gasteiger partial charge in [0, 0.05) is 50.3 Å². The first-order valence-electron chi connectivity index (χ1n) is 9.26. The molecule has 0 N–H and O–H groups in total. The number of carbonyl (C=O) groups excluding carboxylic acids is 1. The number of nitrogens with zero attached hydrogens (tertiary/aromatic N) is 5. The third-order valence-corrected chi connectivity index (χ3v) is 6.15. The van der Waals surface area contributed by atoms with Gasteiger partial charge in [-0.2, -0.15) is 5.10 Å². The number of amidine groups is 1. The Morgan fingerprint density at radius 3 is 3.12 bits per heavy atom. The smallest absolute Gasteiger partial charge is 0.228 e. The van der Waals surface area contributed by atoms with Crippen LogP contribution in [0.5, 0.6) is 0 Å². The van der Waals surface area contributed by atoms with Crippen molar-refractivity contribution in [1.29, 1.82) is 0 Å². The molecule has 3 aliphatic heterocycles. The number of hydrogen-bond acceptors (Lipinski definition) is 5. The summed E-state index contributed by atoms with van der Waals surface area (Å²) in [5.74, 6) is 0.267. The molecule has 0 aliphatic carbocycles. The lowest BCUT2D eigenvalue weighted by Gasteiger charge is -2.36. The second-order valence-electron chi connectivity index (χ2n) is 6.87. The summed E-state index contributed by atoms with van der Waals surface area (Å²) in [4.78, 5) is 21.9. The van der Waals surface area contributed by atoms with Crippen molar-refractivity contribution in [2.24, 2.45) is 4.99 Å². The van der Waals surface area contributed by atoms with E-state index < -0.39 is 0 Å². The van der Waals surface area contributed by atoms with Crippen LogP contribution in [0.25, 0.3) is 0 Å². The number of hydrogen-bond donors (Lipinski definition) is 0. The van der Waals surface area contributed by atoms with Crippen molar-refractivity contribution in [3.63, 3.8) is 0 Å². The lowest BCUT2D eigenvalue weighted by Crippen LogP contribution is -2.45. The fourth-order valence-corrected chi connectivity index (χ4v) is 4.83. The molecule has 1 aromatic heterocycles. The summed E-state index contributed by atoms with van der Waals surface area (Å²) in [6.07, 6.45) is 9.81. The molecule has 4 heterocycles. The zero-order valence-electron chi connectivity index (χ0n) is 14.5. The van der Waals surface area contributed by atoms with Gasteiger partial charge >= 0.3 is 0 Å². The highest BCUT2D eigenvalue weighted by atomic mass is 32.2. The minimum absolute atomic E-state index is 0.267. The van der Waals surface area contributed by atoms with Crippen molar-refractivity contribution < 1.29 is 4.79 Å². The monoisotopic (exact) mass is 359 g/mol. The van der Waals surface area contributed by atoms with E-state index in [-0.39, 0.29) is 5.91 Å². The number of rotatable bonds is 5. The molecule has 134 valence electrons. The first kappa shape index (κ1) is 16.7. The minimum Gasteiger partial charge on any atom is -0.339 e. The van der Waals surface area contributed by atoms with Gasteiger partial charge in [0.1, 0.15) is 0 Å². The van der Waals surface area contributed by atoms with Crippen LogP contribution in [-0.2, 0) is 11.3 Å². The Morgan fingerprint density at radius 2 is 2.24 bits per heavy atom. The van der Waals surface area contributed by atoms with Crippen LogP contribution in [0.2, 0.25) is 0 Å². The van der Waals surface area contributed by atoms with E-state index in [4.69, 9.17) is 0 Å². The zero-order chi connectivity index (χ0) is 17.1. The van der Waals surface area contributed by atoms with E-state index in [0.717, 1.165) is 62.7 Å². The van der Waals surface area contributed by atoms with Crippen LogP contribution >= 0.6 is 11.8 Å². The van der Waals surface area contributed by atoms with Crippen LogP contribution in [0.3, 0.4) is 0 Å². The highest BCUT2D eigenvalue weighted by molar-refractivity contribution is 8.16. The summed E-state index contributed by atoms with van der Waals surface area (Å²) >= 11 is 1.66. The molecule has 1 saturated heterocycles. The van der Waals surface area contributed by atoms with Gasteiger partial charge in [-0.15, -0.1) is 0 Å². The molecule has 0 aromatic carbocycles. The normalized spacial score (nSPS) is 23.3. The molecule has 0 spiro atoms. The largest absolute Gasteiger partial charge is 0.339 e. The van der Waals surface area contributed by atoms with E-state index in [0.29, 0.717) is 12.5 Å². The number of aromatic nitrogens is 2. The number of thioether (sulfide) groups is 1. The van der Waals surface area contributed by atoms with Gasteiger partial charge in [-0.1, -0.05) is 11.8 Å². The van der Waals surface area contributed by atoms with Gasteiger partial charge in [0.25, 0.3) is 0 Å². The van der Waals surface area contributed by atoms with E-state index >= 15 is 0 Å². The Morgan fingerprint density at radius 1 is 1.28 bits per heavy atom. The van der Waals surface area contributed by atoms with Gasteiger partial charge in [0.05, 0.1) is 6.42 Å². The van der Waals surface area contributed by atoms with Gasteiger partial charge in [-0.25, -0.2) is 0 Å². The van der Waals surface area contributed by atoms with E-state index in [1.807, 2.05) is 23.1 Å². The van der Waals surface area contributed by atoms with Crippen molar-refractivity contribution in [1.82, 2.24) is 19.6 Å². The predicted molar refractivity (Wildman–Crippen MR) is 100 cm³/mol. The van der Waals surface area contributed by atoms with Crippen molar-refractivity contribution in [2.45, 2.75) is 51.1 Å². The van der Waals surface area contributed by atoms with Crippen LogP contribution in [-0.4, -0.2) is 56.3 Å². The van der Waals surface area contributed by atoms with Crippen molar-refractivity contribution in [2.75, 3.05) is 19.6 Å². The number of aliphatic imine (C=N–C) groups is 1. The van der Waals surface area contributed by atoms with Crippen molar-refractivity contribution in [3.8, 4) is 0 Å². The topological polar surface area (TPSA) is 53.7 Å². The molecule has 0 radical (unpaired) electrons. The lowest BCUT2D eigenvalue weighted by atomic mass is 9.98. The summed E-state index contributed by atoms with van der Waals surface area (Å²) in [5.41, 5.74) is 1.13. The Bertz CT molecular complexity index is 669. The maximum absolute atomic E-state index is 13.0. The number of likely N-dealkylation sites (tertiary alicyclic amines) is 1. The molecule has 1 fully saturated rings. The second kappa shape index (κ2) is 7.64. The van der Waals surface area contributed by atoms with Gasteiger partial charge in [-0.05, 0) is 43.6 Å². The fraction of sp³-hybridized carbons (Fsp3) is 0.611. The maximum atomic E-state index is 13.0. The van der Waals surface area contributed by atoms with E-state index in [2.05, 4.69) is 25.3 Å². The predicted octanol–water partition coefficient (Wildman–Crippen LogP) is 2.69. The van der Waals surface area contributed by atoms with Crippen LogP contribution in [0.4, 0.5) is 0 Å². The van der Waals surface area contributed by atoms with Gasteiger partial charge < -0.3 is 9.80 Å². The third-order valence-electron chi connectivity index (χ3n) is 5.20. The molecule has 0 saturated carbocycles. The van der Waals surface area contributed by atoms with E-state index in [1.165, 1.54) is 6.42 Å². The SMILES string of the molecule is O=C(CC1=CSC2=NCCCN12)N1CCCC[C@H]1CCn1cccn1. The standard InChI is InChI=1S/C18H25N5OS/c24-17(13-16-14-25-18-19-7-3-11-23(16)18)22-10-2-1-5-15(22)6-12-21-9-4-8-20-21/h4,8-9,14-15H,1-3,5-7,10-13H2/t15-/m0/s1. The maximum Gasteiger partial charge on any atom is 0.228 e. The highest BCUT2D eigenvalue weighted by Gasteiger charge is 2.31.